The van der Waals surface area contributed by atoms with E-state index in [1.807, 2.05) is 18.6 Å². The van der Waals surface area contributed by atoms with Gasteiger partial charge in [-0.25, -0.2) is 14.6 Å². The number of methoxy groups -OCH3 is 2. The summed E-state index contributed by atoms with van der Waals surface area (Å²) in [4.78, 5) is 63.8. The van der Waals surface area contributed by atoms with Crippen LogP contribution in [0.2, 0.25) is 0 Å². The van der Waals surface area contributed by atoms with Crippen molar-refractivity contribution in [2.24, 2.45) is 5.92 Å². The van der Waals surface area contributed by atoms with Gasteiger partial charge in [0.15, 0.2) is 0 Å². The van der Waals surface area contributed by atoms with Crippen LogP contribution in [-0.2, 0) is 35.0 Å². The summed E-state index contributed by atoms with van der Waals surface area (Å²) in [7, 11) is 2.56. The fourth-order valence-electron chi connectivity index (χ4n) is 10.8. The summed E-state index contributed by atoms with van der Waals surface area (Å²) in [5, 5.41) is 12.8. The quantitative estimate of drug-likeness (QED) is 0.0820. The number of nitrogens with one attached hydrogen (secondary N) is 5. The molecule has 1 aromatic heterocycles. The molecule has 0 radical (unpaired) electrons. The van der Waals surface area contributed by atoms with Crippen molar-refractivity contribution in [1.82, 2.24) is 30.4 Å². The molecule has 11 rings (SSSR count). The lowest BCUT2D eigenvalue weighted by atomic mass is 9.60. The molecule has 16 nitrogen and oxygen atoms in total. The molecule has 4 bridgehead atoms. The minimum atomic E-state index is -0.725. The van der Waals surface area contributed by atoms with Crippen molar-refractivity contribution in [3.8, 4) is 11.1 Å². The summed E-state index contributed by atoms with van der Waals surface area (Å²) >= 11 is 3.15. The van der Waals surface area contributed by atoms with Crippen molar-refractivity contribution in [3.05, 3.63) is 106 Å². The summed E-state index contributed by atoms with van der Waals surface area (Å²) in [6.45, 7) is 2.89. The normalized spacial score (nSPS) is 24.0. The molecule has 4 heterocycles. The highest BCUT2D eigenvalue weighted by molar-refractivity contribution is 7.98. The second kappa shape index (κ2) is 19.4. The molecule has 1 saturated carbocycles. The maximum atomic E-state index is 14.0. The first-order chi connectivity index (χ1) is 33.5. The van der Waals surface area contributed by atoms with Crippen molar-refractivity contribution < 1.29 is 38.1 Å². The maximum Gasteiger partial charge on any atom is 0.411 e. The lowest BCUT2D eigenvalue weighted by molar-refractivity contribution is -0.136. The van der Waals surface area contributed by atoms with Gasteiger partial charge in [0, 0.05) is 11.7 Å². The van der Waals surface area contributed by atoms with Crippen LogP contribution >= 0.6 is 23.5 Å². The van der Waals surface area contributed by atoms with Crippen LogP contribution in [0.5, 0.6) is 0 Å². The number of H-pyrrole nitrogens is 1. The monoisotopic (exact) mass is 974 g/mol. The summed E-state index contributed by atoms with van der Waals surface area (Å²) in [6.07, 6.45) is 11.1. The Hall–Kier alpha value is -5.95. The van der Waals surface area contributed by atoms with Crippen LogP contribution < -0.4 is 21.3 Å². The fraction of sp³-hybridized carbons (Fsp3) is 0.431. The van der Waals surface area contributed by atoms with Gasteiger partial charge in [0.1, 0.15) is 42.7 Å². The number of alkyl carbamates (subject to hydrolysis) is 2. The number of allylic oxidation sites excluding steroid dienone is 4. The Labute approximate surface area is 409 Å². The molecule has 3 aromatic carbocycles. The third kappa shape index (κ3) is 8.96. The van der Waals surface area contributed by atoms with E-state index in [1.54, 1.807) is 27.6 Å². The molecule has 0 spiro atoms. The van der Waals surface area contributed by atoms with Crippen molar-refractivity contribution in [2.45, 2.75) is 68.7 Å². The van der Waals surface area contributed by atoms with E-state index in [1.165, 1.54) is 65.0 Å². The average molecular weight is 975 g/mol. The fourth-order valence-corrected chi connectivity index (χ4v) is 11.6. The highest BCUT2D eigenvalue weighted by Crippen LogP contribution is 2.57. The number of benzene rings is 3. The smallest absolute Gasteiger partial charge is 0.411 e. The second-order valence-electron chi connectivity index (χ2n) is 18.6. The van der Waals surface area contributed by atoms with E-state index in [9.17, 15) is 19.2 Å². The largest absolute Gasteiger partial charge is 0.453 e. The molecule has 18 heteroatoms. The number of aryl methyl sites for hydroxylation is 1. The Balaban J connectivity index is 0.876. The van der Waals surface area contributed by atoms with E-state index in [-0.39, 0.29) is 43.6 Å². The van der Waals surface area contributed by atoms with Crippen LogP contribution in [-0.4, -0.2) is 126 Å². The summed E-state index contributed by atoms with van der Waals surface area (Å²) in [6, 6.07) is 18.5. The van der Waals surface area contributed by atoms with Crippen molar-refractivity contribution in [3.63, 3.8) is 0 Å². The number of aromatic nitrogens is 2. The van der Waals surface area contributed by atoms with Gasteiger partial charge < -0.3 is 49.7 Å². The minimum absolute atomic E-state index is 0.0689. The number of carbonyl (C=O) groups excluding carboxylic acids is 4. The number of carbonyl (C=O) groups is 4. The van der Waals surface area contributed by atoms with E-state index in [2.05, 4.69) is 87.8 Å². The molecular formula is C51H58N8O8S2. The Morgan fingerprint density at radius 2 is 1.72 bits per heavy atom. The molecule has 5 N–H and O–H groups in total. The Morgan fingerprint density at radius 1 is 0.928 bits per heavy atom. The SMILES string of the molecule is COC(=O)N/C(=C\CSC)C(=O)N1COC[C@H]1c1nc2ccc(-c3cc4ccc3[C@H]3C[C@H]5CC(c6ccc7c(c6)NC(C)([C@@H]6COCN6C(=O)C(CCSC)NC(=O)OC)N7)=C(C=C53)CC4)cc2[nH]1. The predicted octanol–water partition coefficient (Wildman–Crippen LogP) is 7.74. The Morgan fingerprint density at radius 3 is 2.54 bits per heavy atom. The minimum Gasteiger partial charge on any atom is -0.453 e. The van der Waals surface area contributed by atoms with Crippen LogP contribution in [0.25, 0.3) is 27.7 Å². The van der Waals surface area contributed by atoms with Crippen LogP contribution in [0.15, 0.2) is 83.6 Å². The van der Waals surface area contributed by atoms with Gasteiger partial charge in [-0.3, -0.25) is 14.9 Å². The molecule has 3 fully saturated rings. The standard InChI is InChI=1S/C51H58N8O8S2/c1-51(45-25-67-27-59(45)48(61)41(15-17-69-5)55-50(63)65-3)56-39-13-10-30(23-43(39)57-51)34-20-32-21-37-33-11-7-28(6-8-29(34)19-36(32)37)18-35(33)31-9-12-38-42(22-31)53-46(52-38)44-24-66-26-58(44)47(60)40(14-16-68-4)54-49(62)64-2/h7,9-14,18-19,22-23,32,37,41,44-45,56-57H,6,8,15-17,20-21,24-27H2,1-5H3,(H,52,53)(H,54,62)(H,55,63)/b40-14-/t32-,37-,41?,44+,45+,51?/m1/s1. The van der Waals surface area contributed by atoms with Crippen LogP contribution in [0.1, 0.15) is 67.1 Å². The third-order valence-corrected chi connectivity index (χ3v) is 15.6. The van der Waals surface area contributed by atoms with Gasteiger partial charge in [-0.1, -0.05) is 42.0 Å². The van der Waals surface area contributed by atoms with Crippen molar-refractivity contribution in [1.29, 1.82) is 0 Å². The van der Waals surface area contributed by atoms with Gasteiger partial charge in [-0.15, -0.1) is 0 Å². The van der Waals surface area contributed by atoms with Gasteiger partial charge in [-0.05, 0) is 133 Å². The number of thioether (sulfide) groups is 2. The van der Waals surface area contributed by atoms with E-state index >= 15 is 0 Å². The number of amides is 4. The number of hydrogen-bond acceptors (Lipinski definition) is 13. The molecule has 2 saturated heterocycles. The molecule has 4 amide bonds. The zero-order valence-corrected chi connectivity index (χ0v) is 41.1. The zero-order chi connectivity index (χ0) is 48.0. The number of imidazole rings is 1. The molecule has 362 valence electrons. The number of aromatic amines is 1. The molecule has 3 aliphatic heterocycles. The van der Waals surface area contributed by atoms with Gasteiger partial charge >= 0.3 is 12.2 Å². The van der Waals surface area contributed by atoms with Crippen molar-refractivity contribution in [2.75, 3.05) is 75.5 Å². The number of hydrogen-bond donors (Lipinski definition) is 5. The number of rotatable bonds is 13. The molecule has 4 aliphatic carbocycles. The van der Waals surface area contributed by atoms with Gasteiger partial charge in [0.05, 0.1) is 55.9 Å². The van der Waals surface area contributed by atoms with Crippen LogP contribution in [0.4, 0.5) is 21.0 Å². The number of fused-ring (bicyclic) bond motifs is 5. The van der Waals surface area contributed by atoms with E-state index < -0.39 is 29.9 Å². The van der Waals surface area contributed by atoms with Gasteiger partial charge in [-0.2, -0.15) is 23.5 Å². The van der Waals surface area contributed by atoms with Crippen molar-refractivity contribution >= 4 is 75.5 Å². The third-order valence-electron chi connectivity index (χ3n) is 14.5. The molecular weight excluding hydrogens is 917 g/mol. The van der Waals surface area contributed by atoms with Gasteiger partial charge in [0.2, 0.25) is 5.91 Å². The highest BCUT2D eigenvalue weighted by Gasteiger charge is 2.49. The van der Waals surface area contributed by atoms with E-state index in [0.29, 0.717) is 42.2 Å². The summed E-state index contributed by atoms with van der Waals surface area (Å²) in [5.74, 6) is 2.07. The molecule has 7 aliphatic rings. The van der Waals surface area contributed by atoms with Gasteiger partial charge in [0.25, 0.3) is 5.91 Å². The number of ether oxygens (including phenoxy) is 4. The highest BCUT2D eigenvalue weighted by atomic mass is 32.2. The first-order valence-electron chi connectivity index (χ1n) is 23.4. The lowest BCUT2D eigenvalue weighted by Gasteiger charge is -2.44. The summed E-state index contributed by atoms with van der Waals surface area (Å²) < 4.78 is 21.3. The van der Waals surface area contributed by atoms with Crippen LogP contribution in [0.3, 0.4) is 0 Å². The first kappa shape index (κ1) is 46.8. The van der Waals surface area contributed by atoms with E-state index in [4.69, 9.17) is 23.9 Å². The summed E-state index contributed by atoms with van der Waals surface area (Å²) in [5.41, 5.74) is 13.5. The zero-order valence-electron chi connectivity index (χ0n) is 39.4. The average Bonchev–Trinajstić information content (AvgIpc) is 4.19. The van der Waals surface area contributed by atoms with E-state index in [0.717, 1.165) is 53.7 Å². The predicted molar refractivity (Wildman–Crippen MR) is 269 cm³/mol. The number of nitrogens with zero attached hydrogens (tertiary/aromatic N) is 3. The topological polar surface area (TPSA) is 188 Å². The molecule has 69 heavy (non-hydrogen) atoms. The maximum absolute atomic E-state index is 14.0. The number of anilines is 2. The van der Waals surface area contributed by atoms with Crippen LogP contribution in [0, 0.1) is 5.92 Å². The molecule has 6 atom stereocenters. The molecule has 2 unspecified atom stereocenters. The first-order valence-corrected chi connectivity index (χ1v) is 26.2. The Bertz CT molecular complexity index is 2810. The lowest BCUT2D eigenvalue weighted by Crippen LogP contribution is -2.61. The Kier molecular flexibility index (Phi) is 13.2. The second-order valence-corrected chi connectivity index (χ2v) is 20.5. The molecule has 4 aromatic rings.